The van der Waals surface area contributed by atoms with Gasteiger partial charge in [-0.15, -0.1) is 0 Å². The SMILES string of the molecule is C[C@@H]1CCCC[C@H]1NC(=O)c1ccnn1-c1ccc2ccc(-c3cncnc3)cn12. The Morgan fingerprint density at radius 1 is 1.03 bits per heavy atom. The highest BCUT2D eigenvalue weighted by Crippen LogP contribution is 2.25. The van der Waals surface area contributed by atoms with Crippen LogP contribution in [0.15, 0.2) is 61.4 Å². The summed E-state index contributed by atoms with van der Waals surface area (Å²) in [6.07, 6.45) is 13.4. The molecule has 7 nitrogen and oxygen atoms in total. The van der Waals surface area contributed by atoms with Gasteiger partial charge in [-0.3, -0.25) is 4.79 Å². The topological polar surface area (TPSA) is 77.1 Å². The van der Waals surface area contributed by atoms with Crippen LogP contribution in [0.5, 0.6) is 0 Å². The smallest absolute Gasteiger partial charge is 0.270 e. The van der Waals surface area contributed by atoms with E-state index < -0.39 is 0 Å². The molecule has 1 N–H and O–H groups in total. The normalized spacial score (nSPS) is 19.1. The predicted octanol–water partition coefficient (Wildman–Crippen LogP) is 3.89. The van der Waals surface area contributed by atoms with Gasteiger partial charge in [0, 0.05) is 41.3 Å². The molecule has 4 heterocycles. The minimum atomic E-state index is -0.0752. The maximum absolute atomic E-state index is 13.1. The van der Waals surface area contributed by atoms with Gasteiger partial charge in [-0.2, -0.15) is 5.10 Å². The van der Waals surface area contributed by atoms with Gasteiger partial charge in [0.25, 0.3) is 5.91 Å². The summed E-state index contributed by atoms with van der Waals surface area (Å²) in [5.74, 6) is 1.24. The van der Waals surface area contributed by atoms with E-state index in [9.17, 15) is 4.79 Å². The number of pyridine rings is 1. The van der Waals surface area contributed by atoms with Crippen molar-refractivity contribution in [2.45, 2.75) is 38.6 Å². The van der Waals surface area contributed by atoms with Gasteiger partial charge in [0.2, 0.25) is 0 Å². The molecule has 30 heavy (non-hydrogen) atoms. The number of aromatic nitrogens is 5. The van der Waals surface area contributed by atoms with E-state index in [-0.39, 0.29) is 11.9 Å². The molecule has 0 radical (unpaired) electrons. The van der Waals surface area contributed by atoms with Gasteiger partial charge < -0.3 is 9.72 Å². The third-order valence-corrected chi connectivity index (χ3v) is 6.04. The van der Waals surface area contributed by atoms with Gasteiger partial charge in [-0.05, 0) is 43.0 Å². The quantitative estimate of drug-likeness (QED) is 0.564. The predicted molar refractivity (Wildman–Crippen MR) is 114 cm³/mol. The Kier molecular flexibility index (Phi) is 4.78. The van der Waals surface area contributed by atoms with E-state index >= 15 is 0 Å². The molecule has 0 spiro atoms. The zero-order valence-corrected chi connectivity index (χ0v) is 16.9. The third kappa shape index (κ3) is 3.36. The standard InChI is InChI=1S/C23H24N6O/c1-16-4-2-3-5-20(16)27-23(30)21-10-11-26-29(21)22-9-8-19-7-6-17(14-28(19)22)18-12-24-15-25-13-18/h6-16,20H,2-5H2,1H3,(H,27,30)/t16-,20-/m1/s1. The zero-order valence-electron chi connectivity index (χ0n) is 16.9. The molecule has 4 aromatic rings. The number of carbonyl (C=O) groups is 1. The number of hydrogen-bond acceptors (Lipinski definition) is 4. The van der Waals surface area contributed by atoms with Crippen molar-refractivity contribution in [1.82, 2.24) is 29.5 Å². The summed E-state index contributed by atoms with van der Waals surface area (Å²) >= 11 is 0. The summed E-state index contributed by atoms with van der Waals surface area (Å²) < 4.78 is 3.75. The lowest BCUT2D eigenvalue weighted by Gasteiger charge is -2.29. The van der Waals surface area contributed by atoms with Crippen molar-refractivity contribution in [2.24, 2.45) is 5.92 Å². The molecule has 5 rings (SSSR count). The van der Waals surface area contributed by atoms with Crippen LogP contribution in [-0.4, -0.2) is 36.1 Å². The second kappa shape index (κ2) is 7.74. The Hall–Kier alpha value is -3.48. The van der Waals surface area contributed by atoms with E-state index in [0.29, 0.717) is 11.6 Å². The van der Waals surface area contributed by atoms with Gasteiger partial charge in [0.1, 0.15) is 17.8 Å². The highest BCUT2D eigenvalue weighted by atomic mass is 16.2. The van der Waals surface area contributed by atoms with E-state index in [1.807, 2.05) is 34.9 Å². The number of hydrogen-bond donors (Lipinski definition) is 1. The van der Waals surface area contributed by atoms with E-state index in [4.69, 9.17) is 0 Å². The third-order valence-electron chi connectivity index (χ3n) is 6.04. The molecule has 0 aliphatic heterocycles. The highest BCUT2D eigenvalue weighted by molar-refractivity contribution is 5.93. The van der Waals surface area contributed by atoms with Gasteiger partial charge >= 0.3 is 0 Å². The Labute approximate surface area is 174 Å². The molecule has 152 valence electrons. The first kappa shape index (κ1) is 18.5. The average Bonchev–Trinajstić information content (AvgIpc) is 3.42. The fraction of sp³-hybridized carbons (Fsp3) is 0.304. The van der Waals surface area contributed by atoms with Crippen LogP contribution in [-0.2, 0) is 0 Å². The lowest BCUT2D eigenvalue weighted by molar-refractivity contribution is 0.0902. The molecule has 1 amide bonds. The summed E-state index contributed by atoms with van der Waals surface area (Å²) in [4.78, 5) is 21.3. The van der Waals surface area contributed by atoms with Crippen LogP contribution < -0.4 is 5.32 Å². The Morgan fingerprint density at radius 2 is 1.83 bits per heavy atom. The fourth-order valence-electron chi connectivity index (χ4n) is 4.31. The summed E-state index contributed by atoms with van der Waals surface area (Å²) in [7, 11) is 0. The van der Waals surface area contributed by atoms with Crippen LogP contribution in [0.1, 0.15) is 43.1 Å². The van der Waals surface area contributed by atoms with Gasteiger partial charge in [0.05, 0.1) is 6.20 Å². The lowest BCUT2D eigenvalue weighted by atomic mass is 9.86. The molecular weight excluding hydrogens is 376 g/mol. The Morgan fingerprint density at radius 3 is 2.67 bits per heavy atom. The van der Waals surface area contributed by atoms with Gasteiger partial charge in [0.15, 0.2) is 0 Å². The van der Waals surface area contributed by atoms with Crippen molar-refractivity contribution in [3.8, 4) is 16.9 Å². The Balaban J connectivity index is 1.49. The van der Waals surface area contributed by atoms with Crippen LogP contribution in [0, 0.1) is 5.92 Å². The maximum atomic E-state index is 13.1. The summed E-state index contributed by atoms with van der Waals surface area (Å²) in [5.41, 5.74) is 3.49. The van der Waals surface area contributed by atoms with Crippen LogP contribution >= 0.6 is 0 Å². The van der Waals surface area contributed by atoms with Crippen LogP contribution in [0.25, 0.3) is 22.5 Å². The molecule has 7 heteroatoms. The number of carbonyl (C=O) groups excluding carboxylic acids is 1. The van der Waals surface area contributed by atoms with E-state index in [2.05, 4.69) is 27.3 Å². The second-order valence-electron chi connectivity index (χ2n) is 8.00. The van der Waals surface area contributed by atoms with Crippen molar-refractivity contribution in [3.63, 3.8) is 0 Å². The lowest BCUT2D eigenvalue weighted by Crippen LogP contribution is -2.41. The molecule has 1 aliphatic carbocycles. The number of amides is 1. The van der Waals surface area contributed by atoms with Crippen LogP contribution in [0.3, 0.4) is 0 Å². The van der Waals surface area contributed by atoms with E-state index in [0.717, 1.165) is 28.9 Å². The molecular formula is C23H24N6O. The van der Waals surface area contributed by atoms with E-state index in [1.54, 1.807) is 29.3 Å². The molecule has 1 saturated carbocycles. The summed E-state index contributed by atoms with van der Waals surface area (Å²) in [5, 5.41) is 7.69. The van der Waals surface area contributed by atoms with Crippen molar-refractivity contribution < 1.29 is 4.79 Å². The zero-order chi connectivity index (χ0) is 20.5. The maximum Gasteiger partial charge on any atom is 0.270 e. The van der Waals surface area contributed by atoms with Gasteiger partial charge in [-0.25, -0.2) is 14.6 Å². The molecule has 1 aliphatic rings. The van der Waals surface area contributed by atoms with Crippen molar-refractivity contribution in [2.75, 3.05) is 0 Å². The molecule has 0 bridgehead atoms. The summed E-state index contributed by atoms with van der Waals surface area (Å²) in [6.45, 7) is 2.22. The summed E-state index contributed by atoms with van der Waals surface area (Å²) in [6, 6.07) is 10.1. The average molecular weight is 400 g/mol. The minimum Gasteiger partial charge on any atom is -0.348 e. The first-order chi connectivity index (χ1) is 14.7. The number of fused-ring (bicyclic) bond motifs is 1. The number of nitrogens with zero attached hydrogens (tertiary/aromatic N) is 5. The second-order valence-corrected chi connectivity index (χ2v) is 8.00. The molecule has 0 aromatic carbocycles. The fourth-order valence-corrected chi connectivity index (χ4v) is 4.31. The molecule has 0 unspecified atom stereocenters. The largest absolute Gasteiger partial charge is 0.348 e. The van der Waals surface area contributed by atoms with Crippen molar-refractivity contribution in [3.05, 3.63) is 67.1 Å². The number of nitrogens with one attached hydrogen (secondary N) is 1. The molecule has 2 atom stereocenters. The van der Waals surface area contributed by atoms with Crippen molar-refractivity contribution >= 4 is 11.4 Å². The first-order valence-electron chi connectivity index (χ1n) is 10.4. The van der Waals surface area contributed by atoms with Crippen LogP contribution in [0.2, 0.25) is 0 Å². The first-order valence-corrected chi connectivity index (χ1v) is 10.4. The minimum absolute atomic E-state index is 0.0752. The number of rotatable bonds is 4. The molecule has 1 fully saturated rings. The highest BCUT2D eigenvalue weighted by Gasteiger charge is 2.25. The Bertz CT molecular complexity index is 1180. The van der Waals surface area contributed by atoms with E-state index in [1.165, 1.54) is 25.6 Å². The van der Waals surface area contributed by atoms with Crippen molar-refractivity contribution in [1.29, 1.82) is 0 Å². The molecule has 0 saturated heterocycles. The molecule has 4 aromatic heterocycles. The van der Waals surface area contributed by atoms with Gasteiger partial charge in [-0.1, -0.05) is 25.8 Å². The van der Waals surface area contributed by atoms with Crippen LogP contribution in [0.4, 0.5) is 0 Å². The monoisotopic (exact) mass is 400 g/mol.